The number of halogens is 4. The van der Waals surface area contributed by atoms with Crippen molar-refractivity contribution in [3.8, 4) is 0 Å². The first-order valence-electron chi connectivity index (χ1n) is 6.64. The van der Waals surface area contributed by atoms with Gasteiger partial charge in [-0.05, 0) is 48.2 Å². The molecule has 2 aromatic carbocycles. The Balaban J connectivity index is 2.46. The normalized spacial score (nSPS) is 11.7. The number of benzene rings is 2. The summed E-state index contributed by atoms with van der Waals surface area (Å²) < 4.78 is 13.3. The van der Waals surface area contributed by atoms with Crippen LogP contribution in [0.2, 0.25) is 5.02 Å². The van der Waals surface area contributed by atoms with Gasteiger partial charge in [0.15, 0.2) is 0 Å². The summed E-state index contributed by atoms with van der Waals surface area (Å²) in [5.41, 5.74) is 3.04. The van der Waals surface area contributed by atoms with Gasteiger partial charge in [-0.15, -0.1) is 0 Å². The molecule has 0 aliphatic carbocycles. The summed E-state index contributed by atoms with van der Waals surface area (Å²) in [6.07, 6.45) is 0.791. The lowest BCUT2D eigenvalue weighted by atomic mass is 9.78. The van der Waals surface area contributed by atoms with E-state index >= 15 is 0 Å². The van der Waals surface area contributed by atoms with E-state index in [-0.39, 0.29) is 11.2 Å². The van der Waals surface area contributed by atoms with Crippen molar-refractivity contribution in [2.75, 3.05) is 10.7 Å². The van der Waals surface area contributed by atoms with Crippen LogP contribution in [0.1, 0.15) is 16.7 Å². The predicted molar refractivity (Wildman–Crippen MR) is 95.6 cm³/mol. The summed E-state index contributed by atoms with van der Waals surface area (Å²) in [6.45, 7) is 1.94. The van der Waals surface area contributed by atoms with Crippen molar-refractivity contribution >= 4 is 43.5 Å². The first-order chi connectivity index (χ1) is 10.0. The molecule has 0 saturated heterocycles. The van der Waals surface area contributed by atoms with Crippen molar-refractivity contribution in [1.29, 1.82) is 0 Å². The predicted octanol–water partition coefficient (Wildman–Crippen LogP) is 6.06. The summed E-state index contributed by atoms with van der Waals surface area (Å²) >= 11 is 13.7. The van der Waals surface area contributed by atoms with E-state index in [9.17, 15) is 4.39 Å². The molecule has 0 atom stereocenters. The quantitative estimate of drug-likeness (QED) is 0.502. The summed E-state index contributed by atoms with van der Waals surface area (Å²) in [7, 11) is 0. The number of aryl methyl sites for hydroxylation is 1. The maximum absolute atomic E-state index is 13.3. The third kappa shape index (κ3) is 3.69. The van der Waals surface area contributed by atoms with Gasteiger partial charge in [0.25, 0.3) is 0 Å². The highest BCUT2D eigenvalue weighted by molar-refractivity contribution is 9.09. The van der Waals surface area contributed by atoms with Crippen LogP contribution in [0.5, 0.6) is 0 Å². The van der Waals surface area contributed by atoms with Gasteiger partial charge in [-0.1, -0.05) is 67.7 Å². The molecule has 112 valence electrons. The molecule has 0 bridgehead atoms. The van der Waals surface area contributed by atoms with Crippen LogP contribution in [0.15, 0.2) is 42.5 Å². The lowest BCUT2D eigenvalue weighted by molar-refractivity contribution is 0.548. The monoisotopic (exact) mass is 432 g/mol. The molecule has 21 heavy (non-hydrogen) atoms. The van der Waals surface area contributed by atoms with Crippen LogP contribution in [-0.4, -0.2) is 10.7 Å². The Hall–Kier alpha value is -0.380. The van der Waals surface area contributed by atoms with Crippen molar-refractivity contribution in [2.45, 2.75) is 18.8 Å². The molecular weight excluding hydrogens is 418 g/mol. The number of rotatable bonds is 5. The first kappa shape index (κ1) is 17.0. The van der Waals surface area contributed by atoms with Crippen LogP contribution in [0.4, 0.5) is 4.39 Å². The van der Waals surface area contributed by atoms with Gasteiger partial charge >= 0.3 is 0 Å². The second kappa shape index (κ2) is 7.26. The zero-order valence-electron chi connectivity index (χ0n) is 11.7. The highest BCUT2D eigenvalue weighted by Gasteiger charge is 2.32. The van der Waals surface area contributed by atoms with E-state index in [1.54, 1.807) is 6.07 Å². The molecule has 0 spiro atoms. The van der Waals surface area contributed by atoms with E-state index in [0.717, 1.165) is 38.8 Å². The minimum absolute atomic E-state index is 0.166. The SMILES string of the molecule is Cc1cc(F)ccc1CC(CBr)(CBr)c1ccccc1Cl. The molecule has 0 radical (unpaired) electrons. The molecule has 0 unspecified atom stereocenters. The molecule has 2 rings (SSSR count). The highest BCUT2D eigenvalue weighted by atomic mass is 79.9. The van der Waals surface area contributed by atoms with Gasteiger partial charge in [0.1, 0.15) is 5.82 Å². The van der Waals surface area contributed by atoms with Gasteiger partial charge in [0.2, 0.25) is 0 Å². The fourth-order valence-electron chi connectivity index (χ4n) is 2.48. The first-order valence-corrected chi connectivity index (χ1v) is 9.26. The van der Waals surface area contributed by atoms with Crippen molar-refractivity contribution in [1.82, 2.24) is 0 Å². The zero-order valence-corrected chi connectivity index (χ0v) is 15.6. The molecule has 0 saturated carbocycles. The minimum Gasteiger partial charge on any atom is -0.207 e. The second-order valence-corrected chi connectivity index (χ2v) is 6.80. The topological polar surface area (TPSA) is 0 Å². The molecule has 2 aromatic rings. The fraction of sp³-hybridized carbons (Fsp3) is 0.294. The fourth-order valence-corrected chi connectivity index (χ4v) is 4.75. The van der Waals surface area contributed by atoms with Gasteiger partial charge < -0.3 is 0 Å². The molecule has 0 aliphatic rings. The van der Waals surface area contributed by atoms with E-state index < -0.39 is 0 Å². The summed E-state index contributed by atoms with van der Waals surface area (Å²) in [5.74, 6) is -0.197. The lowest BCUT2D eigenvalue weighted by Gasteiger charge is -2.32. The number of alkyl halides is 2. The Labute approximate surface area is 147 Å². The summed E-state index contributed by atoms with van der Waals surface area (Å²) in [5, 5.41) is 2.30. The van der Waals surface area contributed by atoms with Crippen LogP contribution in [0.3, 0.4) is 0 Å². The van der Waals surface area contributed by atoms with E-state index in [1.807, 2.05) is 31.2 Å². The molecule has 4 heteroatoms. The van der Waals surface area contributed by atoms with Gasteiger partial charge in [0.05, 0.1) is 0 Å². The smallest absolute Gasteiger partial charge is 0.123 e. The van der Waals surface area contributed by atoms with E-state index in [1.165, 1.54) is 6.07 Å². The average Bonchev–Trinajstić information content (AvgIpc) is 2.48. The lowest BCUT2D eigenvalue weighted by Crippen LogP contribution is -2.33. The Morgan fingerprint density at radius 3 is 2.33 bits per heavy atom. The summed E-state index contributed by atoms with van der Waals surface area (Å²) in [4.78, 5) is 0. The Morgan fingerprint density at radius 2 is 1.76 bits per heavy atom. The number of hydrogen-bond donors (Lipinski definition) is 0. The van der Waals surface area contributed by atoms with E-state index in [0.29, 0.717) is 0 Å². The average molecular weight is 435 g/mol. The van der Waals surface area contributed by atoms with Crippen LogP contribution >= 0.6 is 43.5 Å². The molecular formula is C17H16Br2ClF. The third-order valence-corrected chi connectivity index (χ3v) is 6.27. The van der Waals surface area contributed by atoms with Gasteiger partial charge in [-0.2, -0.15) is 0 Å². The Kier molecular flexibility index (Phi) is 5.87. The summed E-state index contributed by atoms with van der Waals surface area (Å²) in [6, 6.07) is 12.9. The maximum atomic E-state index is 13.3. The highest BCUT2D eigenvalue weighted by Crippen LogP contribution is 2.37. The van der Waals surface area contributed by atoms with Gasteiger partial charge in [-0.25, -0.2) is 4.39 Å². The molecule has 0 heterocycles. The van der Waals surface area contributed by atoms with Crippen LogP contribution in [0.25, 0.3) is 0 Å². The molecule has 0 N–H and O–H groups in total. The van der Waals surface area contributed by atoms with Crippen molar-refractivity contribution in [3.63, 3.8) is 0 Å². The zero-order chi connectivity index (χ0) is 15.5. The molecule has 0 aliphatic heterocycles. The number of hydrogen-bond acceptors (Lipinski definition) is 0. The molecule has 0 amide bonds. The van der Waals surface area contributed by atoms with Gasteiger partial charge in [0, 0.05) is 21.1 Å². The van der Waals surface area contributed by atoms with Crippen LogP contribution in [-0.2, 0) is 11.8 Å². The van der Waals surface area contributed by atoms with E-state index in [4.69, 9.17) is 11.6 Å². The molecule has 0 nitrogen and oxygen atoms in total. The van der Waals surface area contributed by atoms with Crippen molar-refractivity contribution in [2.24, 2.45) is 0 Å². The minimum atomic E-state index is -0.197. The van der Waals surface area contributed by atoms with E-state index in [2.05, 4.69) is 37.9 Å². The molecule has 0 aromatic heterocycles. The van der Waals surface area contributed by atoms with Crippen LogP contribution < -0.4 is 0 Å². The largest absolute Gasteiger partial charge is 0.207 e. The third-order valence-electron chi connectivity index (χ3n) is 3.79. The van der Waals surface area contributed by atoms with Crippen molar-refractivity contribution < 1.29 is 4.39 Å². The maximum Gasteiger partial charge on any atom is 0.123 e. The standard InChI is InChI=1S/C17H16Br2ClF/c1-12-8-14(21)7-6-13(12)9-17(10-18,11-19)15-4-2-3-5-16(15)20/h2-8H,9-11H2,1H3. The van der Waals surface area contributed by atoms with Crippen LogP contribution in [0, 0.1) is 12.7 Å². The second-order valence-electron chi connectivity index (χ2n) is 5.28. The van der Waals surface area contributed by atoms with Gasteiger partial charge in [-0.3, -0.25) is 0 Å². The Morgan fingerprint density at radius 1 is 1.10 bits per heavy atom. The Bertz CT molecular complexity index is 624. The van der Waals surface area contributed by atoms with Crippen molar-refractivity contribution in [3.05, 3.63) is 70.0 Å². The molecule has 0 fully saturated rings.